The molecule has 0 radical (unpaired) electrons. The molecule has 0 aliphatic rings. The zero-order valence-corrected chi connectivity index (χ0v) is 11.5. The SMILES string of the molecule is Cc1cc(C)c2c(c1)c(C)c(CCN)c(=O)n2C. The fourth-order valence-corrected chi connectivity index (χ4v) is 2.76. The molecule has 1 aromatic carbocycles. The molecule has 18 heavy (non-hydrogen) atoms. The van der Waals surface area contributed by atoms with Crippen molar-refractivity contribution < 1.29 is 0 Å². The fourth-order valence-electron chi connectivity index (χ4n) is 2.76. The largest absolute Gasteiger partial charge is 0.330 e. The molecule has 0 amide bonds. The number of hydrogen-bond donors (Lipinski definition) is 1. The van der Waals surface area contributed by atoms with Gasteiger partial charge in [-0.1, -0.05) is 11.6 Å². The van der Waals surface area contributed by atoms with Crippen LogP contribution in [-0.2, 0) is 13.5 Å². The number of fused-ring (bicyclic) bond motifs is 1. The summed E-state index contributed by atoms with van der Waals surface area (Å²) in [5.41, 5.74) is 11.0. The highest BCUT2D eigenvalue weighted by molar-refractivity contribution is 5.86. The number of nitrogens with two attached hydrogens (primary N) is 1. The van der Waals surface area contributed by atoms with Gasteiger partial charge in [0.25, 0.3) is 5.56 Å². The van der Waals surface area contributed by atoms with Crippen molar-refractivity contribution in [2.24, 2.45) is 12.8 Å². The van der Waals surface area contributed by atoms with Crippen molar-refractivity contribution in [1.29, 1.82) is 0 Å². The first-order valence-corrected chi connectivity index (χ1v) is 6.27. The lowest BCUT2D eigenvalue weighted by Gasteiger charge is -2.15. The van der Waals surface area contributed by atoms with E-state index < -0.39 is 0 Å². The Labute approximate surface area is 107 Å². The third-order valence-corrected chi connectivity index (χ3v) is 3.59. The van der Waals surface area contributed by atoms with Gasteiger partial charge in [0, 0.05) is 18.0 Å². The summed E-state index contributed by atoms with van der Waals surface area (Å²) in [7, 11) is 1.84. The average Bonchev–Trinajstić information content (AvgIpc) is 2.31. The van der Waals surface area contributed by atoms with Crippen molar-refractivity contribution in [3.8, 4) is 0 Å². The monoisotopic (exact) mass is 244 g/mol. The molecule has 96 valence electrons. The van der Waals surface area contributed by atoms with Crippen LogP contribution in [0.2, 0.25) is 0 Å². The van der Waals surface area contributed by atoms with Crippen molar-refractivity contribution in [3.63, 3.8) is 0 Å². The zero-order valence-electron chi connectivity index (χ0n) is 11.5. The van der Waals surface area contributed by atoms with Crippen LogP contribution in [-0.4, -0.2) is 11.1 Å². The average molecular weight is 244 g/mol. The van der Waals surface area contributed by atoms with E-state index in [0.717, 1.165) is 27.6 Å². The molecule has 3 nitrogen and oxygen atoms in total. The van der Waals surface area contributed by atoms with Gasteiger partial charge in [-0.05, 0) is 50.9 Å². The number of benzene rings is 1. The van der Waals surface area contributed by atoms with E-state index in [0.29, 0.717) is 13.0 Å². The lowest BCUT2D eigenvalue weighted by Crippen LogP contribution is -2.25. The number of aryl methyl sites for hydroxylation is 4. The molecule has 0 unspecified atom stereocenters. The van der Waals surface area contributed by atoms with Crippen LogP contribution in [0.4, 0.5) is 0 Å². The summed E-state index contributed by atoms with van der Waals surface area (Å²) < 4.78 is 1.75. The Kier molecular flexibility index (Phi) is 3.26. The fraction of sp³-hybridized carbons (Fsp3) is 0.400. The van der Waals surface area contributed by atoms with E-state index in [1.54, 1.807) is 4.57 Å². The van der Waals surface area contributed by atoms with Gasteiger partial charge in [0.1, 0.15) is 0 Å². The highest BCUT2D eigenvalue weighted by Gasteiger charge is 2.13. The van der Waals surface area contributed by atoms with Crippen LogP contribution in [0.5, 0.6) is 0 Å². The number of pyridine rings is 1. The molecular weight excluding hydrogens is 224 g/mol. The molecule has 0 saturated carbocycles. The summed E-state index contributed by atoms with van der Waals surface area (Å²) in [6, 6.07) is 4.26. The van der Waals surface area contributed by atoms with Gasteiger partial charge in [-0.2, -0.15) is 0 Å². The van der Waals surface area contributed by atoms with Gasteiger partial charge in [0.05, 0.1) is 5.52 Å². The second kappa shape index (κ2) is 4.58. The van der Waals surface area contributed by atoms with Gasteiger partial charge >= 0.3 is 0 Å². The topological polar surface area (TPSA) is 48.0 Å². The molecule has 0 fully saturated rings. The summed E-state index contributed by atoms with van der Waals surface area (Å²) in [6.45, 7) is 6.66. The molecule has 2 aromatic rings. The Balaban J connectivity index is 2.98. The molecule has 0 aliphatic carbocycles. The van der Waals surface area contributed by atoms with Crippen LogP contribution in [0.15, 0.2) is 16.9 Å². The highest BCUT2D eigenvalue weighted by Crippen LogP contribution is 2.23. The van der Waals surface area contributed by atoms with Gasteiger partial charge in [0.15, 0.2) is 0 Å². The quantitative estimate of drug-likeness (QED) is 0.878. The van der Waals surface area contributed by atoms with Crippen molar-refractivity contribution in [1.82, 2.24) is 4.57 Å². The van der Waals surface area contributed by atoms with Gasteiger partial charge in [-0.25, -0.2) is 0 Å². The minimum atomic E-state index is 0.0809. The van der Waals surface area contributed by atoms with E-state index in [4.69, 9.17) is 5.73 Å². The smallest absolute Gasteiger partial charge is 0.254 e. The molecule has 0 saturated heterocycles. The molecule has 0 atom stereocenters. The first-order valence-electron chi connectivity index (χ1n) is 6.27. The minimum absolute atomic E-state index is 0.0809. The van der Waals surface area contributed by atoms with Gasteiger partial charge in [0.2, 0.25) is 0 Å². The lowest BCUT2D eigenvalue weighted by molar-refractivity contribution is 0.846. The zero-order chi connectivity index (χ0) is 13.4. The number of hydrogen-bond acceptors (Lipinski definition) is 2. The maximum Gasteiger partial charge on any atom is 0.254 e. The van der Waals surface area contributed by atoms with Crippen molar-refractivity contribution in [3.05, 3.63) is 44.7 Å². The van der Waals surface area contributed by atoms with Crippen LogP contribution in [0, 0.1) is 20.8 Å². The second-order valence-electron chi connectivity index (χ2n) is 4.98. The molecular formula is C15H20N2O. The van der Waals surface area contributed by atoms with Gasteiger partial charge < -0.3 is 10.3 Å². The first kappa shape index (κ1) is 12.8. The Morgan fingerprint density at radius 2 is 1.89 bits per heavy atom. The van der Waals surface area contributed by atoms with E-state index in [2.05, 4.69) is 26.0 Å². The molecule has 0 spiro atoms. The molecule has 0 bridgehead atoms. The minimum Gasteiger partial charge on any atom is -0.330 e. The molecule has 0 aliphatic heterocycles. The van der Waals surface area contributed by atoms with E-state index in [-0.39, 0.29) is 5.56 Å². The third-order valence-electron chi connectivity index (χ3n) is 3.59. The Morgan fingerprint density at radius 1 is 1.22 bits per heavy atom. The molecule has 2 N–H and O–H groups in total. The summed E-state index contributed by atoms with van der Waals surface area (Å²) in [5, 5.41) is 1.16. The summed E-state index contributed by atoms with van der Waals surface area (Å²) in [6.07, 6.45) is 0.640. The Hall–Kier alpha value is -1.61. The predicted octanol–water partition coefficient (Wildman–Crippen LogP) is 1.96. The number of rotatable bonds is 2. The first-order chi connectivity index (χ1) is 8.47. The maximum absolute atomic E-state index is 12.3. The van der Waals surface area contributed by atoms with Crippen LogP contribution < -0.4 is 11.3 Å². The van der Waals surface area contributed by atoms with Crippen LogP contribution in [0.1, 0.15) is 22.3 Å². The van der Waals surface area contributed by atoms with E-state index >= 15 is 0 Å². The predicted molar refractivity (Wildman–Crippen MR) is 76.2 cm³/mol. The molecule has 1 aromatic heterocycles. The second-order valence-corrected chi connectivity index (χ2v) is 4.98. The van der Waals surface area contributed by atoms with Crippen LogP contribution >= 0.6 is 0 Å². The molecule has 3 heteroatoms. The van der Waals surface area contributed by atoms with Crippen LogP contribution in [0.3, 0.4) is 0 Å². The van der Waals surface area contributed by atoms with E-state index in [1.165, 1.54) is 5.56 Å². The normalized spacial score (nSPS) is 11.2. The number of nitrogens with zero attached hydrogens (tertiary/aromatic N) is 1. The summed E-state index contributed by atoms with van der Waals surface area (Å²) >= 11 is 0. The van der Waals surface area contributed by atoms with Crippen molar-refractivity contribution in [2.45, 2.75) is 27.2 Å². The van der Waals surface area contributed by atoms with Crippen molar-refractivity contribution >= 4 is 10.9 Å². The lowest BCUT2D eigenvalue weighted by atomic mass is 9.98. The van der Waals surface area contributed by atoms with Gasteiger partial charge in [-0.15, -0.1) is 0 Å². The summed E-state index contributed by atoms with van der Waals surface area (Å²) in [4.78, 5) is 12.3. The standard InChI is InChI=1S/C15H20N2O/c1-9-7-10(2)14-13(8-9)11(3)12(5-6-16)15(18)17(14)4/h7-8H,5-6,16H2,1-4H3. The summed E-state index contributed by atoms with van der Waals surface area (Å²) in [5.74, 6) is 0. The molecule has 1 heterocycles. The Morgan fingerprint density at radius 3 is 2.50 bits per heavy atom. The maximum atomic E-state index is 12.3. The van der Waals surface area contributed by atoms with Gasteiger partial charge in [-0.3, -0.25) is 4.79 Å². The van der Waals surface area contributed by atoms with E-state index in [1.807, 2.05) is 14.0 Å². The van der Waals surface area contributed by atoms with Crippen LogP contribution in [0.25, 0.3) is 10.9 Å². The van der Waals surface area contributed by atoms with Crippen molar-refractivity contribution in [2.75, 3.05) is 6.54 Å². The third kappa shape index (κ3) is 1.85. The highest BCUT2D eigenvalue weighted by atomic mass is 16.1. The Bertz CT molecular complexity index is 668. The van der Waals surface area contributed by atoms with E-state index in [9.17, 15) is 4.79 Å². The molecule has 2 rings (SSSR count). The number of aromatic nitrogens is 1.